The van der Waals surface area contributed by atoms with Gasteiger partial charge in [0.2, 0.25) is 0 Å². The van der Waals surface area contributed by atoms with Crippen LogP contribution in [0.15, 0.2) is 0 Å². The van der Waals surface area contributed by atoms with Crippen molar-refractivity contribution in [2.75, 3.05) is 19.7 Å². The summed E-state index contributed by atoms with van der Waals surface area (Å²) in [5.41, 5.74) is 0.138. The summed E-state index contributed by atoms with van der Waals surface area (Å²) < 4.78 is 6.11. The van der Waals surface area contributed by atoms with E-state index >= 15 is 0 Å². The molecular weight excluding hydrogens is 266 g/mol. The molecule has 6 heteroatoms. The Hall–Kier alpha value is -1.01. The highest BCUT2D eigenvalue weighted by molar-refractivity contribution is 5.04. The van der Waals surface area contributed by atoms with Gasteiger partial charge in [0.15, 0.2) is 5.82 Å². The van der Waals surface area contributed by atoms with Crippen LogP contribution < -0.4 is 5.32 Å². The molecule has 1 aromatic heterocycles. The third-order valence-electron chi connectivity index (χ3n) is 4.64. The van der Waals surface area contributed by atoms with E-state index < -0.39 is 0 Å². The van der Waals surface area contributed by atoms with Crippen LogP contribution in [0, 0.1) is 17.3 Å². The molecule has 1 aromatic rings. The maximum absolute atomic E-state index is 6.11. The highest BCUT2D eigenvalue weighted by Crippen LogP contribution is 2.48. The molecule has 0 radical (unpaired) electrons. The van der Waals surface area contributed by atoms with E-state index in [2.05, 4.69) is 34.6 Å². The van der Waals surface area contributed by atoms with Gasteiger partial charge >= 0.3 is 0 Å². The molecule has 0 bridgehead atoms. The molecule has 1 aliphatic carbocycles. The number of aromatic nitrogens is 4. The van der Waals surface area contributed by atoms with Crippen LogP contribution in [0.25, 0.3) is 0 Å². The van der Waals surface area contributed by atoms with Crippen LogP contribution in [-0.2, 0) is 18.2 Å². The molecule has 1 aliphatic heterocycles. The Morgan fingerprint density at radius 2 is 2.24 bits per heavy atom. The van der Waals surface area contributed by atoms with Crippen molar-refractivity contribution in [2.45, 2.75) is 45.6 Å². The van der Waals surface area contributed by atoms with Crippen LogP contribution >= 0.6 is 0 Å². The van der Waals surface area contributed by atoms with Crippen molar-refractivity contribution in [3.8, 4) is 0 Å². The van der Waals surface area contributed by atoms with Crippen molar-refractivity contribution < 1.29 is 4.74 Å². The van der Waals surface area contributed by atoms with Gasteiger partial charge in [0.05, 0.1) is 13.2 Å². The molecule has 2 fully saturated rings. The summed E-state index contributed by atoms with van der Waals surface area (Å²) in [6.45, 7) is 7.39. The Bertz CT molecular complexity index is 470. The van der Waals surface area contributed by atoms with Gasteiger partial charge in [0.1, 0.15) is 0 Å². The zero-order valence-corrected chi connectivity index (χ0v) is 13.4. The smallest absolute Gasteiger partial charge is 0.175 e. The molecular formula is C15H27N5O. The molecule has 0 aromatic carbocycles. The normalized spacial score (nSPS) is 29.4. The quantitative estimate of drug-likeness (QED) is 0.818. The molecule has 21 heavy (non-hydrogen) atoms. The first-order valence-electron chi connectivity index (χ1n) is 8.14. The second kappa shape index (κ2) is 6.01. The van der Waals surface area contributed by atoms with E-state index in [4.69, 9.17) is 4.74 Å². The molecule has 2 heterocycles. The molecule has 2 aliphatic rings. The van der Waals surface area contributed by atoms with Crippen molar-refractivity contribution in [3.63, 3.8) is 0 Å². The second-order valence-corrected chi connectivity index (χ2v) is 7.14. The average Bonchev–Trinajstić information content (AvgIpc) is 3.06. The van der Waals surface area contributed by atoms with Crippen LogP contribution in [0.5, 0.6) is 0 Å². The maximum atomic E-state index is 6.11. The Balaban J connectivity index is 1.73. The van der Waals surface area contributed by atoms with E-state index in [0.29, 0.717) is 12.0 Å². The lowest BCUT2D eigenvalue weighted by Crippen LogP contribution is -2.44. The molecule has 1 N–H and O–H groups in total. The van der Waals surface area contributed by atoms with E-state index in [1.165, 1.54) is 12.8 Å². The van der Waals surface area contributed by atoms with Crippen LogP contribution in [-0.4, -0.2) is 46.0 Å². The Morgan fingerprint density at radius 3 is 2.86 bits per heavy atom. The monoisotopic (exact) mass is 293 g/mol. The summed E-state index contributed by atoms with van der Waals surface area (Å²) in [4.78, 5) is 1.55. The van der Waals surface area contributed by atoms with Crippen LogP contribution in [0.1, 0.15) is 38.9 Å². The van der Waals surface area contributed by atoms with Crippen molar-refractivity contribution >= 4 is 0 Å². The topological polar surface area (TPSA) is 64.9 Å². The summed E-state index contributed by atoms with van der Waals surface area (Å²) in [6.07, 6.45) is 4.94. The van der Waals surface area contributed by atoms with Crippen molar-refractivity contribution in [1.82, 2.24) is 25.5 Å². The molecule has 2 unspecified atom stereocenters. The van der Waals surface area contributed by atoms with E-state index in [9.17, 15) is 0 Å². The van der Waals surface area contributed by atoms with Crippen molar-refractivity contribution in [2.24, 2.45) is 24.3 Å². The van der Waals surface area contributed by atoms with Gasteiger partial charge in [0.25, 0.3) is 0 Å². The van der Waals surface area contributed by atoms with Gasteiger partial charge in [0, 0.05) is 25.0 Å². The van der Waals surface area contributed by atoms with Gasteiger partial charge in [-0.1, -0.05) is 13.8 Å². The number of nitrogens with zero attached hydrogens (tertiary/aromatic N) is 4. The van der Waals surface area contributed by atoms with Gasteiger partial charge in [-0.05, 0) is 42.9 Å². The first-order valence-corrected chi connectivity index (χ1v) is 8.14. The lowest BCUT2D eigenvalue weighted by molar-refractivity contribution is 0.0295. The third-order valence-corrected chi connectivity index (χ3v) is 4.64. The molecule has 118 valence electrons. The molecule has 6 nitrogen and oxygen atoms in total. The van der Waals surface area contributed by atoms with E-state index in [0.717, 1.165) is 44.3 Å². The number of rotatable bonds is 7. The number of hydrogen-bond acceptors (Lipinski definition) is 5. The SMILES string of the molecule is CC(C)CNCC1(Cc2nnn(C)n2)CCOC1C1CC1. The standard InChI is InChI=1S/C15H27N5O/c1-11(2)9-16-10-15(8-13-17-19-20(3)18-13)6-7-21-14(15)12-4-5-12/h11-12,14,16H,4-10H2,1-3H3. The molecule has 0 amide bonds. The summed E-state index contributed by atoms with van der Waals surface area (Å²) in [7, 11) is 1.82. The summed E-state index contributed by atoms with van der Waals surface area (Å²) in [5.74, 6) is 2.25. The fraction of sp³-hybridized carbons (Fsp3) is 0.933. The number of ether oxygens (including phenoxy) is 1. The Kier molecular flexibility index (Phi) is 4.26. The van der Waals surface area contributed by atoms with Gasteiger partial charge < -0.3 is 10.1 Å². The minimum atomic E-state index is 0.138. The van der Waals surface area contributed by atoms with E-state index in [1.54, 1.807) is 4.80 Å². The highest BCUT2D eigenvalue weighted by atomic mass is 16.5. The largest absolute Gasteiger partial charge is 0.377 e. The Labute approximate surface area is 126 Å². The van der Waals surface area contributed by atoms with Crippen LogP contribution in [0.2, 0.25) is 0 Å². The minimum Gasteiger partial charge on any atom is -0.377 e. The molecule has 1 saturated heterocycles. The van der Waals surface area contributed by atoms with Gasteiger partial charge in [-0.15, -0.1) is 10.2 Å². The summed E-state index contributed by atoms with van der Waals surface area (Å²) in [6, 6.07) is 0. The van der Waals surface area contributed by atoms with Crippen molar-refractivity contribution in [3.05, 3.63) is 5.82 Å². The summed E-state index contributed by atoms with van der Waals surface area (Å²) >= 11 is 0. The van der Waals surface area contributed by atoms with E-state index in [1.807, 2.05) is 7.05 Å². The molecule has 1 saturated carbocycles. The maximum Gasteiger partial charge on any atom is 0.175 e. The molecule has 3 rings (SSSR count). The number of aryl methyl sites for hydroxylation is 1. The van der Waals surface area contributed by atoms with Crippen LogP contribution in [0.4, 0.5) is 0 Å². The number of tetrazole rings is 1. The number of nitrogens with one attached hydrogen (secondary N) is 1. The predicted octanol–water partition coefficient (Wildman–Crippen LogP) is 1.18. The number of hydrogen-bond donors (Lipinski definition) is 1. The summed E-state index contributed by atoms with van der Waals surface area (Å²) in [5, 5.41) is 16.2. The van der Waals surface area contributed by atoms with Crippen LogP contribution in [0.3, 0.4) is 0 Å². The first kappa shape index (κ1) is 14.9. The third kappa shape index (κ3) is 3.43. The van der Waals surface area contributed by atoms with E-state index in [-0.39, 0.29) is 5.41 Å². The van der Waals surface area contributed by atoms with Gasteiger partial charge in [-0.3, -0.25) is 0 Å². The fourth-order valence-electron chi connectivity index (χ4n) is 3.50. The zero-order valence-electron chi connectivity index (χ0n) is 13.4. The highest BCUT2D eigenvalue weighted by Gasteiger charge is 2.51. The molecule has 0 spiro atoms. The van der Waals surface area contributed by atoms with Crippen molar-refractivity contribution in [1.29, 1.82) is 0 Å². The fourth-order valence-corrected chi connectivity index (χ4v) is 3.50. The lowest BCUT2D eigenvalue weighted by Gasteiger charge is -2.34. The first-order chi connectivity index (χ1) is 10.1. The Morgan fingerprint density at radius 1 is 1.43 bits per heavy atom. The predicted molar refractivity (Wildman–Crippen MR) is 79.7 cm³/mol. The minimum absolute atomic E-state index is 0.138. The second-order valence-electron chi connectivity index (χ2n) is 7.14. The molecule has 2 atom stereocenters. The zero-order chi connectivity index (χ0) is 14.9. The van der Waals surface area contributed by atoms with Gasteiger partial charge in [-0.2, -0.15) is 4.80 Å². The lowest BCUT2D eigenvalue weighted by atomic mass is 9.75. The van der Waals surface area contributed by atoms with Gasteiger partial charge in [-0.25, -0.2) is 0 Å². The average molecular weight is 293 g/mol.